The second kappa shape index (κ2) is 7.28. The molecule has 1 aliphatic rings. The van der Waals surface area contributed by atoms with Gasteiger partial charge in [0.25, 0.3) is 5.91 Å². The molecule has 144 valence electrons. The number of carbonyl (C=O) groups is 2. The van der Waals surface area contributed by atoms with Crippen LogP contribution in [0.2, 0.25) is 0 Å². The van der Waals surface area contributed by atoms with Gasteiger partial charge in [-0.1, -0.05) is 6.07 Å². The first kappa shape index (κ1) is 19.3. The van der Waals surface area contributed by atoms with Crippen molar-refractivity contribution in [1.29, 1.82) is 0 Å². The Morgan fingerprint density at radius 3 is 2.22 bits per heavy atom. The van der Waals surface area contributed by atoms with E-state index in [0.29, 0.717) is 24.3 Å². The van der Waals surface area contributed by atoms with Gasteiger partial charge in [0.15, 0.2) is 5.78 Å². The third-order valence-corrected chi connectivity index (χ3v) is 6.86. The summed E-state index contributed by atoms with van der Waals surface area (Å²) in [5, 5.41) is 0. The number of nitrogens with zero attached hydrogens (tertiary/aromatic N) is 2. The lowest BCUT2D eigenvalue weighted by Gasteiger charge is -2.33. The lowest BCUT2D eigenvalue weighted by molar-refractivity contribution is 0.0692. The van der Waals surface area contributed by atoms with Crippen LogP contribution in [0.4, 0.5) is 0 Å². The van der Waals surface area contributed by atoms with Crippen LogP contribution < -0.4 is 0 Å². The molecule has 1 aliphatic heterocycles. The highest BCUT2D eigenvalue weighted by Crippen LogP contribution is 2.21. The molecule has 0 unspecified atom stereocenters. The second-order valence-electron chi connectivity index (χ2n) is 6.80. The van der Waals surface area contributed by atoms with E-state index < -0.39 is 10.0 Å². The Labute approximate surface area is 159 Å². The van der Waals surface area contributed by atoms with Gasteiger partial charge in [-0.15, -0.1) is 0 Å². The number of carbonyl (C=O) groups excluding carboxylic acids is 2. The predicted molar refractivity (Wildman–Crippen MR) is 101 cm³/mol. The molecular weight excluding hydrogens is 366 g/mol. The number of H-pyrrole nitrogens is 1. The summed E-state index contributed by atoms with van der Waals surface area (Å²) in [6.07, 6.45) is 1.51. The van der Waals surface area contributed by atoms with Crippen LogP contribution in [0.25, 0.3) is 0 Å². The van der Waals surface area contributed by atoms with E-state index in [4.69, 9.17) is 0 Å². The fourth-order valence-electron chi connectivity index (χ4n) is 3.05. The first-order valence-electron chi connectivity index (χ1n) is 8.76. The van der Waals surface area contributed by atoms with Crippen LogP contribution in [0.15, 0.2) is 35.4 Å². The second-order valence-corrected chi connectivity index (χ2v) is 8.74. The zero-order chi connectivity index (χ0) is 19.8. The normalized spacial score (nSPS) is 15.7. The van der Waals surface area contributed by atoms with Gasteiger partial charge < -0.3 is 9.88 Å². The van der Waals surface area contributed by atoms with Crippen molar-refractivity contribution in [2.24, 2.45) is 0 Å². The predicted octanol–water partition coefficient (Wildman–Crippen LogP) is 1.98. The number of aromatic nitrogens is 1. The molecule has 2 aromatic rings. The fraction of sp³-hybridized carbons (Fsp3) is 0.368. The molecule has 3 rings (SSSR count). The lowest BCUT2D eigenvalue weighted by atomic mass is 10.1. The van der Waals surface area contributed by atoms with Crippen LogP contribution in [0.1, 0.15) is 38.9 Å². The van der Waals surface area contributed by atoms with Crippen molar-refractivity contribution in [3.05, 3.63) is 52.8 Å². The number of nitrogens with one attached hydrogen (secondary N) is 1. The fourth-order valence-corrected chi connectivity index (χ4v) is 4.55. The Morgan fingerprint density at radius 2 is 1.67 bits per heavy atom. The maximum atomic E-state index is 12.9. The average molecular weight is 389 g/mol. The van der Waals surface area contributed by atoms with Crippen LogP contribution in [0.3, 0.4) is 0 Å². The summed E-state index contributed by atoms with van der Waals surface area (Å²) >= 11 is 0. The van der Waals surface area contributed by atoms with E-state index in [1.54, 1.807) is 23.1 Å². The number of aryl methyl sites for hydroxylation is 2. The number of amides is 1. The van der Waals surface area contributed by atoms with Crippen molar-refractivity contribution in [2.75, 3.05) is 26.2 Å². The Hall–Kier alpha value is -2.45. The van der Waals surface area contributed by atoms with Gasteiger partial charge in [0, 0.05) is 37.9 Å². The van der Waals surface area contributed by atoms with E-state index in [2.05, 4.69) is 4.98 Å². The molecule has 27 heavy (non-hydrogen) atoms. The molecule has 1 amide bonds. The van der Waals surface area contributed by atoms with Crippen LogP contribution in [0.5, 0.6) is 0 Å². The number of ketones is 1. The monoisotopic (exact) mass is 389 g/mol. The van der Waals surface area contributed by atoms with E-state index in [-0.39, 0.29) is 29.7 Å². The molecule has 0 radical (unpaired) electrons. The molecule has 1 aromatic heterocycles. The van der Waals surface area contributed by atoms with Crippen molar-refractivity contribution in [3.8, 4) is 0 Å². The molecule has 0 saturated carbocycles. The largest absolute Gasteiger partial charge is 0.356 e. The number of hydrogen-bond acceptors (Lipinski definition) is 4. The van der Waals surface area contributed by atoms with Gasteiger partial charge >= 0.3 is 0 Å². The average Bonchev–Trinajstić information content (AvgIpc) is 3.14. The third kappa shape index (κ3) is 3.81. The van der Waals surface area contributed by atoms with E-state index in [9.17, 15) is 18.0 Å². The highest BCUT2D eigenvalue weighted by atomic mass is 32.2. The van der Waals surface area contributed by atoms with Crippen molar-refractivity contribution >= 4 is 21.7 Å². The summed E-state index contributed by atoms with van der Waals surface area (Å²) in [7, 11) is -3.58. The number of sulfonamides is 1. The van der Waals surface area contributed by atoms with Crippen LogP contribution >= 0.6 is 0 Å². The SMILES string of the molecule is CC(=O)c1c[nH]c(C(=O)N2CCN(S(=O)(=O)c3ccc(C)c(C)c3)CC2)c1. The molecule has 1 saturated heterocycles. The van der Waals surface area contributed by atoms with E-state index >= 15 is 0 Å². The van der Waals surface area contributed by atoms with Crippen LogP contribution in [0, 0.1) is 13.8 Å². The summed E-state index contributed by atoms with van der Waals surface area (Å²) in [6, 6.07) is 6.64. The highest BCUT2D eigenvalue weighted by molar-refractivity contribution is 7.89. The third-order valence-electron chi connectivity index (χ3n) is 4.96. The Balaban J connectivity index is 1.69. The number of Topliss-reactive ketones (excluding diaryl/α,β-unsaturated/α-hetero) is 1. The first-order valence-corrected chi connectivity index (χ1v) is 10.2. The van der Waals surface area contributed by atoms with Gasteiger partial charge in [0.2, 0.25) is 10.0 Å². The number of piperazine rings is 1. The molecule has 0 bridgehead atoms. The van der Waals surface area contributed by atoms with Gasteiger partial charge in [-0.3, -0.25) is 9.59 Å². The van der Waals surface area contributed by atoms with Crippen LogP contribution in [-0.2, 0) is 10.0 Å². The van der Waals surface area contributed by atoms with Gasteiger partial charge in [-0.25, -0.2) is 8.42 Å². The van der Waals surface area contributed by atoms with Crippen molar-refractivity contribution in [2.45, 2.75) is 25.7 Å². The summed E-state index contributed by atoms with van der Waals surface area (Å²) < 4.78 is 27.1. The number of aromatic amines is 1. The Morgan fingerprint density at radius 1 is 1.00 bits per heavy atom. The summed E-state index contributed by atoms with van der Waals surface area (Å²) in [4.78, 5) is 28.6. The van der Waals surface area contributed by atoms with Crippen molar-refractivity contribution in [3.63, 3.8) is 0 Å². The molecular formula is C19H23N3O4S. The van der Waals surface area contributed by atoms with Gasteiger partial charge in [-0.2, -0.15) is 4.31 Å². The maximum Gasteiger partial charge on any atom is 0.270 e. The molecule has 7 nitrogen and oxygen atoms in total. The Kier molecular flexibility index (Phi) is 5.21. The molecule has 0 spiro atoms. The van der Waals surface area contributed by atoms with Gasteiger partial charge in [0.1, 0.15) is 5.69 Å². The molecule has 0 atom stereocenters. The minimum atomic E-state index is -3.58. The van der Waals surface area contributed by atoms with Gasteiger partial charge in [-0.05, 0) is 50.1 Å². The zero-order valence-corrected chi connectivity index (χ0v) is 16.5. The van der Waals surface area contributed by atoms with E-state index in [1.165, 1.54) is 23.5 Å². The molecule has 2 heterocycles. The van der Waals surface area contributed by atoms with E-state index in [0.717, 1.165) is 11.1 Å². The minimum absolute atomic E-state index is 0.116. The van der Waals surface area contributed by atoms with Gasteiger partial charge in [0.05, 0.1) is 4.90 Å². The molecule has 1 N–H and O–H groups in total. The number of rotatable bonds is 4. The topological polar surface area (TPSA) is 90.6 Å². The number of hydrogen-bond donors (Lipinski definition) is 1. The quantitative estimate of drug-likeness (QED) is 0.810. The van der Waals surface area contributed by atoms with Crippen LogP contribution in [-0.4, -0.2) is 60.5 Å². The Bertz CT molecular complexity index is 986. The highest BCUT2D eigenvalue weighted by Gasteiger charge is 2.31. The minimum Gasteiger partial charge on any atom is -0.356 e. The summed E-state index contributed by atoms with van der Waals surface area (Å²) in [5.41, 5.74) is 2.76. The number of benzene rings is 1. The lowest BCUT2D eigenvalue weighted by Crippen LogP contribution is -2.50. The summed E-state index contributed by atoms with van der Waals surface area (Å²) in [5.74, 6) is -0.347. The van der Waals surface area contributed by atoms with Crippen molar-refractivity contribution < 1.29 is 18.0 Å². The van der Waals surface area contributed by atoms with E-state index in [1.807, 2.05) is 13.8 Å². The smallest absolute Gasteiger partial charge is 0.270 e. The van der Waals surface area contributed by atoms with Crippen molar-refractivity contribution in [1.82, 2.24) is 14.2 Å². The molecule has 0 aliphatic carbocycles. The zero-order valence-electron chi connectivity index (χ0n) is 15.7. The molecule has 1 aromatic carbocycles. The molecule has 8 heteroatoms. The first-order chi connectivity index (χ1) is 12.7. The molecule has 1 fully saturated rings. The maximum absolute atomic E-state index is 12.9. The standard InChI is InChI=1S/C19H23N3O4S/c1-13-4-5-17(10-14(13)2)27(25,26)22-8-6-21(7-9-22)19(24)18-11-16(12-20-18)15(3)23/h4-5,10-12,20H,6-9H2,1-3H3. The summed E-state index contributed by atoms with van der Waals surface area (Å²) in [6.45, 7) is 6.34.